The Morgan fingerprint density at radius 2 is 2.08 bits per heavy atom. The summed E-state index contributed by atoms with van der Waals surface area (Å²) >= 11 is 6.00. The maximum absolute atomic E-state index is 12.0. The van der Waals surface area contributed by atoms with Crippen molar-refractivity contribution < 1.29 is 14.5 Å². The molecule has 2 aromatic carbocycles. The summed E-state index contributed by atoms with van der Waals surface area (Å²) in [6.45, 7) is 1.59. The van der Waals surface area contributed by atoms with Crippen LogP contribution in [0.2, 0.25) is 5.02 Å². The zero-order valence-corrected chi connectivity index (χ0v) is 13.9. The van der Waals surface area contributed by atoms with Gasteiger partial charge in [-0.3, -0.25) is 14.9 Å². The number of nitrogens with zero attached hydrogens (tertiary/aromatic N) is 1. The Morgan fingerprint density at radius 1 is 1.33 bits per heavy atom. The van der Waals surface area contributed by atoms with Crippen molar-refractivity contribution in [3.05, 3.63) is 57.1 Å². The zero-order valence-electron chi connectivity index (χ0n) is 13.1. The van der Waals surface area contributed by atoms with Gasteiger partial charge in [0.05, 0.1) is 23.6 Å². The van der Waals surface area contributed by atoms with Gasteiger partial charge in [0.15, 0.2) is 0 Å². The fraction of sp³-hybridized carbons (Fsp3) is 0.188. The number of rotatable bonds is 6. The third kappa shape index (κ3) is 4.14. The Kier molecular flexibility index (Phi) is 5.59. The Morgan fingerprint density at radius 3 is 2.71 bits per heavy atom. The van der Waals surface area contributed by atoms with Crippen LogP contribution in [-0.4, -0.2) is 24.5 Å². The minimum atomic E-state index is -0.458. The molecule has 126 valence electrons. The fourth-order valence-electron chi connectivity index (χ4n) is 2.14. The zero-order chi connectivity index (χ0) is 17.7. The quantitative estimate of drug-likeness (QED) is 0.613. The molecule has 0 fully saturated rings. The molecule has 24 heavy (non-hydrogen) atoms. The van der Waals surface area contributed by atoms with Crippen LogP contribution in [0.15, 0.2) is 36.4 Å². The van der Waals surface area contributed by atoms with Crippen LogP contribution in [0.25, 0.3) is 0 Å². The summed E-state index contributed by atoms with van der Waals surface area (Å²) in [7, 11) is 1.50. The highest BCUT2D eigenvalue weighted by molar-refractivity contribution is 6.32. The topological polar surface area (TPSA) is 93.5 Å². The molecule has 0 aliphatic heterocycles. The Labute approximate surface area is 143 Å². The maximum atomic E-state index is 12.0. The molecule has 0 aliphatic rings. The van der Waals surface area contributed by atoms with E-state index in [9.17, 15) is 14.9 Å². The minimum Gasteiger partial charge on any atom is -0.495 e. The second-order valence-corrected chi connectivity index (χ2v) is 5.37. The van der Waals surface area contributed by atoms with Crippen molar-refractivity contribution in [2.45, 2.75) is 6.92 Å². The van der Waals surface area contributed by atoms with Crippen molar-refractivity contribution in [2.24, 2.45) is 0 Å². The van der Waals surface area contributed by atoms with Crippen LogP contribution >= 0.6 is 11.6 Å². The highest BCUT2D eigenvalue weighted by Gasteiger charge is 2.13. The molecule has 2 rings (SSSR count). The number of carbonyl (C=O) groups excluding carboxylic acids is 1. The van der Waals surface area contributed by atoms with E-state index in [2.05, 4.69) is 10.6 Å². The second kappa shape index (κ2) is 7.65. The Balaban J connectivity index is 2.00. The summed E-state index contributed by atoms with van der Waals surface area (Å²) in [4.78, 5) is 22.5. The van der Waals surface area contributed by atoms with Gasteiger partial charge in [-0.15, -0.1) is 0 Å². The first-order chi connectivity index (χ1) is 11.4. The largest absolute Gasteiger partial charge is 0.495 e. The van der Waals surface area contributed by atoms with Gasteiger partial charge in [-0.05, 0) is 31.2 Å². The molecule has 0 atom stereocenters. The van der Waals surface area contributed by atoms with Gasteiger partial charge < -0.3 is 15.4 Å². The van der Waals surface area contributed by atoms with Gasteiger partial charge in [0.1, 0.15) is 5.75 Å². The summed E-state index contributed by atoms with van der Waals surface area (Å²) < 4.78 is 5.04. The first-order valence-electron chi connectivity index (χ1n) is 7.03. The summed E-state index contributed by atoms with van der Waals surface area (Å²) in [6.07, 6.45) is 0. The van der Waals surface area contributed by atoms with Crippen LogP contribution in [-0.2, 0) is 4.79 Å². The summed E-state index contributed by atoms with van der Waals surface area (Å²) in [6, 6.07) is 9.56. The van der Waals surface area contributed by atoms with Gasteiger partial charge in [0, 0.05) is 23.0 Å². The highest BCUT2D eigenvalue weighted by atomic mass is 35.5. The minimum absolute atomic E-state index is 0.00217. The third-order valence-corrected chi connectivity index (χ3v) is 3.67. The summed E-state index contributed by atoms with van der Waals surface area (Å²) in [5.74, 6) is 0.210. The third-order valence-electron chi connectivity index (χ3n) is 3.38. The molecule has 2 N–H and O–H groups in total. The lowest BCUT2D eigenvalue weighted by atomic mass is 10.1. The number of carbonyl (C=O) groups is 1. The number of nitro groups is 1. The number of nitrogens with one attached hydrogen (secondary N) is 2. The number of amides is 1. The van der Waals surface area contributed by atoms with E-state index in [4.69, 9.17) is 16.3 Å². The van der Waals surface area contributed by atoms with Crippen LogP contribution < -0.4 is 15.4 Å². The smallest absolute Gasteiger partial charge is 0.274 e. The fourth-order valence-corrected chi connectivity index (χ4v) is 2.40. The molecule has 0 bridgehead atoms. The van der Waals surface area contributed by atoms with Crippen LogP contribution in [0.1, 0.15) is 5.56 Å². The molecule has 0 aliphatic carbocycles. The van der Waals surface area contributed by atoms with Crippen molar-refractivity contribution >= 4 is 34.6 Å². The van der Waals surface area contributed by atoms with E-state index in [-0.39, 0.29) is 18.1 Å². The van der Waals surface area contributed by atoms with Crippen molar-refractivity contribution in [1.29, 1.82) is 0 Å². The first kappa shape index (κ1) is 17.6. The number of hydrogen-bond acceptors (Lipinski definition) is 5. The number of ether oxygens (including phenoxy) is 1. The van der Waals surface area contributed by atoms with Gasteiger partial charge in [-0.2, -0.15) is 0 Å². The lowest BCUT2D eigenvalue weighted by molar-refractivity contribution is -0.385. The van der Waals surface area contributed by atoms with Gasteiger partial charge >= 0.3 is 0 Å². The molecule has 7 nitrogen and oxygen atoms in total. The average molecular weight is 350 g/mol. The van der Waals surface area contributed by atoms with E-state index in [0.717, 1.165) is 0 Å². The van der Waals surface area contributed by atoms with E-state index in [1.54, 1.807) is 37.3 Å². The summed E-state index contributed by atoms with van der Waals surface area (Å²) in [5, 5.41) is 16.9. The number of hydrogen-bond donors (Lipinski definition) is 2. The van der Waals surface area contributed by atoms with E-state index in [1.807, 2.05) is 0 Å². The molecule has 0 radical (unpaired) electrons. The van der Waals surface area contributed by atoms with Gasteiger partial charge in [0.2, 0.25) is 5.91 Å². The number of nitro benzene ring substituents is 1. The molecular weight excluding hydrogens is 334 g/mol. The van der Waals surface area contributed by atoms with E-state index in [0.29, 0.717) is 27.7 Å². The highest BCUT2D eigenvalue weighted by Crippen LogP contribution is 2.27. The molecule has 0 saturated carbocycles. The lowest BCUT2D eigenvalue weighted by Crippen LogP contribution is -2.22. The predicted molar refractivity (Wildman–Crippen MR) is 93.0 cm³/mol. The Hall–Kier alpha value is -2.80. The second-order valence-electron chi connectivity index (χ2n) is 4.96. The van der Waals surface area contributed by atoms with Gasteiger partial charge in [0.25, 0.3) is 5.69 Å². The molecule has 0 saturated heterocycles. The molecule has 0 spiro atoms. The van der Waals surface area contributed by atoms with Crippen LogP contribution in [0, 0.1) is 17.0 Å². The maximum Gasteiger partial charge on any atom is 0.274 e. The number of methoxy groups -OCH3 is 1. The van der Waals surface area contributed by atoms with Crippen molar-refractivity contribution in [2.75, 3.05) is 24.3 Å². The average Bonchev–Trinajstić information content (AvgIpc) is 2.54. The number of halogens is 1. The van der Waals surface area contributed by atoms with Crippen molar-refractivity contribution in [3.63, 3.8) is 0 Å². The normalized spacial score (nSPS) is 10.1. The molecule has 0 unspecified atom stereocenters. The molecule has 1 amide bonds. The molecule has 0 aromatic heterocycles. The van der Waals surface area contributed by atoms with Gasteiger partial charge in [-0.25, -0.2) is 0 Å². The monoisotopic (exact) mass is 349 g/mol. The molecule has 8 heteroatoms. The standard InChI is InChI=1S/C16H16ClN3O4/c1-10-13(4-3-5-14(10)20(22)23)18-9-16(21)19-11-6-7-15(24-2)12(17)8-11/h3-8,18H,9H2,1-2H3,(H,19,21). The van der Waals surface area contributed by atoms with Crippen molar-refractivity contribution in [1.82, 2.24) is 0 Å². The summed E-state index contributed by atoms with van der Waals surface area (Å²) in [5.41, 5.74) is 1.54. The molecule has 2 aromatic rings. The molecule has 0 heterocycles. The predicted octanol–water partition coefficient (Wildman–Crippen LogP) is 3.62. The van der Waals surface area contributed by atoms with E-state index < -0.39 is 4.92 Å². The lowest BCUT2D eigenvalue weighted by Gasteiger charge is -2.11. The van der Waals surface area contributed by atoms with E-state index in [1.165, 1.54) is 13.2 Å². The number of anilines is 2. The van der Waals surface area contributed by atoms with Crippen LogP contribution in [0.3, 0.4) is 0 Å². The number of benzene rings is 2. The first-order valence-corrected chi connectivity index (χ1v) is 7.41. The SMILES string of the molecule is COc1ccc(NC(=O)CNc2cccc([N+](=O)[O-])c2C)cc1Cl. The van der Waals surface area contributed by atoms with E-state index >= 15 is 0 Å². The van der Waals surface area contributed by atoms with Crippen LogP contribution in [0.4, 0.5) is 17.1 Å². The van der Waals surface area contributed by atoms with Gasteiger partial charge in [-0.1, -0.05) is 17.7 Å². The molecular formula is C16H16ClN3O4. The Bertz CT molecular complexity index is 780. The van der Waals surface area contributed by atoms with Crippen LogP contribution in [0.5, 0.6) is 5.75 Å². The van der Waals surface area contributed by atoms with Crippen molar-refractivity contribution in [3.8, 4) is 5.75 Å².